The standard InChI is InChI=1S/C19H23NO3/c1-15(21)18(12-16-8-4-2-5-9-16)13-20-19(22)23-14-17-10-6-3-7-11-17/h2-11,15,18,21H,12-14H2,1H3,(H,20,22)/t15-,18-/m1/s1. The van der Waals surface area contributed by atoms with E-state index >= 15 is 0 Å². The molecule has 122 valence electrons. The molecule has 0 fully saturated rings. The Hall–Kier alpha value is -2.33. The number of carbonyl (C=O) groups is 1. The van der Waals surface area contributed by atoms with Crippen molar-refractivity contribution in [2.24, 2.45) is 5.92 Å². The van der Waals surface area contributed by atoms with E-state index in [1.54, 1.807) is 6.92 Å². The normalized spacial score (nSPS) is 13.1. The van der Waals surface area contributed by atoms with E-state index in [9.17, 15) is 9.90 Å². The number of aliphatic hydroxyl groups is 1. The van der Waals surface area contributed by atoms with Gasteiger partial charge in [-0.15, -0.1) is 0 Å². The minimum absolute atomic E-state index is 0.0540. The number of aliphatic hydroxyl groups excluding tert-OH is 1. The Labute approximate surface area is 137 Å². The monoisotopic (exact) mass is 313 g/mol. The van der Waals surface area contributed by atoms with Crippen molar-refractivity contribution < 1.29 is 14.6 Å². The summed E-state index contributed by atoms with van der Waals surface area (Å²) in [5.41, 5.74) is 2.08. The predicted octanol–water partition coefficient (Wildman–Crippen LogP) is 3.15. The molecule has 2 atom stereocenters. The van der Waals surface area contributed by atoms with Crippen LogP contribution in [0.1, 0.15) is 18.1 Å². The second kappa shape index (κ2) is 8.96. The molecule has 0 spiro atoms. The van der Waals surface area contributed by atoms with Crippen LogP contribution >= 0.6 is 0 Å². The van der Waals surface area contributed by atoms with Crippen LogP contribution in [0.4, 0.5) is 4.79 Å². The second-order valence-corrected chi connectivity index (χ2v) is 5.63. The van der Waals surface area contributed by atoms with E-state index in [1.807, 2.05) is 60.7 Å². The van der Waals surface area contributed by atoms with Gasteiger partial charge in [-0.25, -0.2) is 4.79 Å². The fourth-order valence-electron chi connectivity index (χ4n) is 2.32. The summed E-state index contributed by atoms with van der Waals surface area (Å²) in [7, 11) is 0. The molecule has 2 rings (SSSR count). The van der Waals surface area contributed by atoms with Crippen LogP contribution in [0.25, 0.3) is 0 Å². The van der Waals surface area contributed by atoms with Gasteiger partial charge in [0.25, 0.3) is 0 Å². The van der Waals surface area contributed by atoms with Gasteiger partial charge in [-0.3, -0.25) is 0 Å². The smallest absolute Gasteiger partial charge is 0.407 e. The third-order valence-corrected chi connectivity index (χ3v) is 3.74. The first-order chi connectivity index (χ1) is 11.1. The maximum Gasteiger partial charge on any atom is 0.407 e. The van der Waals surface area contributed by atoms with Crippen LogP contribution in [-0.4, -0.2) is 23.8 Å². The van der Waals surface area contributed by atoms with Crippen LogP contribution in [0.15, 0.2) is 60.7 Å². The average Bonchev–Trinajstić information content (AvgIpc) is 2.58. The molecule has 0 heterocycles. The lowest BCUT2D eigenvalue weighted by Crippen LogP contribution is -2.35. The number of nitrogens with one attached hydrogen (secondary N) is 1. The first kappa shape index (κ1) is 17.0. The fourth-order valence-corrected chi connectivity index (χ4v) is 2.32. The maximum atomic E-state index is 11.8. The summed E-state index contributed by atoms with van der Waals surface area (Å²) < 4.78 is 5.18. The molecule has 0 unspecified atom stereocenters. The first-order valence-corrected chi connectivity index (χ1v) is 7.81. The lowest BCUT2D eigenvalue weighted by atomic mass is 9.95. The Morgan fingerprint density at radius 1 is 1.04 bits per heavy atom. The molecule has 1 amide bonds. The Kier molecular flexibility index (Phi) is 6.63. The van der Waals surface area contributed by atoms with Crippen molar-refractivity contribution in [1.29, 1.82) is 0 Å². The summed E-state index contributed by atoms with van der Waals surface area (Å²) in [6, 6.07) is 19.5. The molecule has 4 heteroatoms. The molecule has 0 saturated heterocycles. The molecule has 2 aromatic rings. The molecule has 0 radical (unpaired) electrons. The van der Waals surface area contributed by atoms with Crippen LogP contribution in [0.5, 0.6) is 0 Å². The molecule has 2 aromatic carbocycles. The zero-order chi connectivity index (χ0) is 16.5. The summed E-state index contributed by atoms with van der Waals surface area (Å²) in [4.78, 5) is 11.8. The highest BCUT2D eigenvalue weighted by Gasteiger charge is 2.17. The van der Waals surface area contributed by atoms with Gasteiger partial charge >= 0.3 is 6.09 Å². The Bertz CT molecular complexity index is 584. The summed E-state index contributed by atoms with van der Waals surface area (Å²) in [6.07, 6.45) is -0.269. The molecule has 0 aliphatic rings. The molecule has 0 saturated carbocycles. The van der Waals surface area contributed by atoms with Crippen molar-refractivity contribution in [2.45, 2.75) is 26.1 Å². The molecule has 4 nitrogen and oxygen atoms in total. The fraction of sp³-hybridized carbons (Fsp3) is 0.316. The van der Waals surface area contributed by atoms with Crippen LogP contribution in [0.3, 0.4) is 0 Å². The number of ether oxygens (including phenoxy) is 1. The van der Waals surface area contributed by atoms with Gasteiger partial charge in [0.15, 0.2) is 0 Å². The number of alkyl carbamates (subject to hydrolysis) is 1. The number of rotatable bonds is 7. The summed E-state index contributed by atoms with van der Waals surface area (Å²) in [5.74, 6) is -0.0540. The van der Waals surface area contributed by atoms with Gasteiger partial charge in [0.1, 0.15) is 6.61 Å². The first-order valence-electron chi connectivity index (χ1n) is 7.81. The van der Waals surface area contributed by atoms with Crippen LogP contribution in [-0.2, 0) is 17.8 Å². The molecular weight excluding hydrogens is 290 g/mol. The quantitative estimate of drug-likeness (QED) is 0.825. The van der Waals surface area contributed by atoms with Gasteiger partial charge in [0.05, 0.1) is 6.10 Å². The Morgan fingerprint density at radius 2 is 1.61 bits per heavy atom. The van der Waals surface area contributed by atoms with Crippen LogP contribution < -0.4 is 5.32 Å². The van der Waals surface area contributed by atoms with Gasteiger partial charge in [-0.2, -0.15) is 0 Å². The Morgan fingerprint density at radius 3 is 2.17 bits per heavy atom. The lowest BCUT2D eigenvalue weighted by molar-refractivity contribution is 0.112. The molecule has 0 bridgehead atoms. The topological polar surface area (TPSA) is 58.6 Å². The zero-order valence-electron chi connectivity index (χ0n) is 13.3. The van der Waals surface area contributed by atoms with Gasteiger partial charge in [-0.1, -0.05) is 60.7 Å². The van der Waals surface area contributed by atoms with E-state index in [1.165, 1.54) is 0 Å². The molecule has 23 heavy (non-hydrogen) atoms. The lowest BCUT2D eigenvalue weighted by Gasteiger charge is -2.20. The zero-order valence-corrected chi connectivity index (χ0v) is 13.3. The number of benzene rings is 2. The molecular formula is C19H23NO3. The number of hydrogen-bond donors (Lipinski definition) is 2. The molecule has 2 N–H and O–H groups in total. The minimum atomic E-state index is -0.510. The van der Waals surface area contributed by atoms with Crippen molar-refractivity contribution in [2.75, 3.05) is 6.54 Å². The van der Waals surface area contributed by atoms with Gasteiger partial charge < -0.3 is 15.2 Å². The average molecular weight is 313 g/mol. The third-order valence-electron chi connectivity index (χ3n) is 3.74. The summed E-state index contributed by atoms with van der Waals surface area (Å²) >= 11 is 0. The number of hydrogen-bond acceptors (Lipinski definition) is 3. The van der Waals surface area contributed by atoms with E-state index in [0.717, 1.165) is 11.1 Å². The number of amides is 1. The van der Waals surface area contributed by atoms with E-state index in [0.29, 0.717) is 13.0 Å². The highest BCUT2D eigenvalue weighted by molar-refractivity contribution is 5.67. The van der Waals surface area contributed by atoms with Gasteiger partial charge in [0, 0.05) is 12.5 Å². The van der Waals surface area contributed by atoms with Crippen molar-refractivity contribution >= 4 is 6.09 Å². The van der Waals surface area contributed by atoms with Crippen molar-refractivity contribution in [3.05, 3.63) is 71.8 Å². The van der Waals surface area contributed by atoms with E-state index in [4.69, 9.17) is 4.74 Å². The highest BCUT2D eigenvalue weighted by Crippen LogP contribution is 2.12. The molecule has 0 aliphatic heterocycles. The largest absolute Gasteiger partial charge is 0.445 e. The van der Waals surface area contributed by atoms with E-state index in [-0.39, 0.29) is 12.5 Å². The SMILES string of the molecule is C[C@@H](O)[C@@H](CNC(=O)OCc1ccccc1)Cc1ccccc1. The van der Waals surface area contributed by atoms with Crippen LogP contribution in [0, 0.1) is 5.92 Å². The van der Waals surface area contributed by atoms with Gasteiger partial charge in [-0.05, 0) is 24.5 Å². The Balaban J connectivity index is 1.78. The summed E-state index contributed by atoms with van der Waals surface area (Å²) in [6.45, 7) is 2.36. The van der Waals surface area contributed by atoms with E-state index < -0.39 is 12.2 Å². The predicted molar refractivity (Wildman–Crippen MR) is 89.9 cm³/mol. The number of carbonyl (C=O) groups excluding carboxylic acids is 1. The third kappa shape index (κ3) is 6.12. The van der Waals surface area contributed by atoms with Crippen molar-refractivity contribution in [3.63, 3.8) is 0 Å². The van der Waals surface area contributed by atoms with Gasteiger partial charge in [0.2, 0.25) is 0 Å². The molecule has 0 aromatic heterocycles. The van der Waals surface area contributed by atoms with Crippen LogP contribution in [0.2, 0.25) is 0 Å². The minimum Gasteiger partial charge on any atom is -0.445 e. The van der Waals surface area contributed by atoms with Crippen molar-refractivity contribution in [3.8, 4) is 0 Å². The van der Waals surface area contributed by atoms with Crippen molar-refractivity contribution in [1.82, 2.24) is 5.32 Å². The summed E-state index contributed by atoms with van der Waals surface area (Å²) in [5, 5.41) is 12.6. The molecule has 0 aliphatic carbocycles. The maximum absolute atomic E-state index is 11.8. The highest BCUT2D eigenvalue weighted by atomic mass is 16.5. The second-order valence-electron chi connectivity index (χ2n) is 5.63. The van der Waals surface area contributed by atoms with E-state index in [2.05, 4.69) is 5.32 Å².